The molecule has 0 N–H and O–H groups in total. The minimum atomic E-state index is -6.58. The van der Waals surface area contributed by atoms with Crippen molar-refractivity contribution in [3.8, 4) is 33.4 Å². The Bertz CT molecular complexity index is 3030. The van der Waals surface area contributed by atoms with Crippen molar-refractivity contribution in [2.24, 2.45) is 11.8 Å². The van der Waals surface area contributed by atoms with E-state index < -0.39 is 80.1 Å². The van der Waals surface area contributed by atoms with Crippen molar-refractivity contribution in [3.05, 3.63) is 170 Å². The van der Waals surface area contributed by atoms with E-state index in [4.69, 9.17) is 17.0 Å². The topological polar surface area (TPSA) is 0 Å². The fourth-order valence-electron chi connectivity index (χ4n) is 11.8. The summed E-state index contributed by atoms with van der Waals surface area (Å²) in [6, 6.07) is 23.8. The SMILES string of the molecule is Cc1ccc2c(c1-c1cc(C(F)(F)F)cc(C(F)(F)F)c1)C=C(CC(C)C)[CH]2[Zr]([Cl])([Cl])([c]1cccc2c1[SiH2]c1ccccc1-2)[CH]1C(CC(C)C)=Cc2c1ccc(C)c2-c1cc(C(F)(F)F)cc(C(F)(F)F)c1. The minimum absolute atomic E-state index is 0.0740. The first-order valence-corrected chi connectivity index (χ1v) is 35.2. The number of hydrogen-bond donors (Lipinski definition) is 0. The van der Waals surface area contributed by atoms with Crippen LogP contribution in [0.5, 0.6) is 0 Å². The van der Waals surface area contributed by atoms with Crippen LogP contribution in [0.4, 0.5) is 52.7 Å². The van der Waals surface area contributed by atoms with Crippen molar-refractivity contribution < 1.29 is 69.1 Å². The van der Waals surface area contributed by atoms with E-state index in [1.54, 1.807) is 38.1 Å². The van der Waals surface area contributed by atoms with E-state index in [0.717, 1.165) is 56.9 Å². The molecule has 0 saturated carbocycles. The molecule has 3 aliphatic rings. The first-order valence-electron chi connectivity index (χ1n) is 23.4. The molecular weight excluding hydrogens is 1090 g/mol. The number of aryl methyl sites for hydroxylation is 2. The van der Waals surface area contributed by atoms with Gasteiger partial charge < -0.3 is 0 Å². The quantitative estimate of drug-likeness (QED) is 0.0998. The molecule has 0 radical (unpaired) electrons. The summed E-state index contributed by atoms with van der Waals surface area (Å²) in [6.07, 6.45) is -16.2. The van der Waals surface area contributed by atoms with Gasteiger partial charge in [-0.05, 0) is 0 Å². The van der Waals surface area contributed by atoms with Crippen LogP contribution in [0.3, 0.4) is 0 Å². The van der Waals surface area contributed by atoms with Crippen molar-refractivity contribution in [3.63, 3.8) is 0 Å². The van der Waals surface area contributed by atoms with Crippen molar-refractivity contribution in [2.75, 3.05) is 0 Å². The Morgan fingerprint density at radius 2 is 0.889 bits per heavy atom. The van der Waals surface area contributed by atoms with Crippen molar-refractivity contribution in [1.82, 2.24) is 0 Å². The molecule has 377 valence electrons. The molecule has 2 atom stereocenters. The molecule has 0 saturated heterocycles. The van der Waals surface area contributed by atoms with Gasteiger partial charge in [-0.2, -0.15) is 0 Å². The second kappa shape index (κ2) is 17.9. The summed E-state index contributed by atoms with van der Waals surface area (Å²) < 4.78 is 173. The van der Waals surface area contributed by atoms with Crippen LogP contribution in [0, 0.1) is 25.7 Å². The summed E-state index contributed by atoms with van der Waals surface area (Å²) in [4.78, 5) is 0. The van der Waals surface area contributed by atoms with Gasteiger partial charge in [0.25, 0.3) is 0 Å². The molecule has 2 aliphatic carbocycles. The molecule has 1 aliphatic heterocycles. The predicted molar refractivity (Wildman–Crippen MR) is 265 cm³/mol. The average molecular weight is 1140 g/mol. The second-order valence-electron chi connectivity index (χ2n) is 20.4. The molecule has 1 heterocycles. The van der Waals surface area contributed by atoms with Gasteiger partial charge in [0.2, 0.25) is 0 Å². The number of hydrogen-bond acceptors (Lipinski definition) is 0. The first-order chi connectivity index (χ1) is 33.4. The third-order valence-electron chi connectivity index (χ3n) is 14.5. The van der Waals surface area contributed by atoms with Crippen molar-refractivity contribution in [2.45, 2.75) is 86.3 Å². The van der Waals surface area contributed by atoms with Crippen LogP contribution < -0.4 is 13.6 Å². The monoisotopic (exact) mass is 1140 g/mol. The molecular formula is C56H47Cl2F12SiZr. The van der Waals surface area contributed by atoms with E-state index in [1.807, 2.05) is 76.2 Å². The van der Waals surface area contributed by atoms with Gasteiger partial charge in [0.05, 0.1) is 0 Å². The number of allylic oxidation sites excluding steroid dienone is 2. The zero-order valence-electron chi connectivity index (χ0n) is 39.7. The maximum atomic E-state index is 14.5. The van der Waals surface area contributed by atoms with Gasteiger partial charge in [0, 0.05) is 0 Å². The summed E-state index contributed by atoms with van der Waals surface area (Å²) in [5, 5.41) is 2.11. The van der Waals surface area contributed by atoms with Crippen LogP contribution in [-0.4, -0.2) is 9.52 Å². The van der Waals surface area contributed by atoms with Gasteiger partial charge in [0.1, 0.15) is 0 Å². The Kier molecular flexibility index (Phi) is 13.1. The number of benzene rings is 6. The molecule has 0 spiro atoms. The van der Waals surface area contributed by atoms with Crippen molar-refractivity contribution in [1.29, 1.82) is 0 Å². The van der Waals surface area contributed by atoms with Crippen LogP contribution >= 0.6 is 17.0 Å². The molecule has 0 nitrogen and oxygen atoms in total. The maximum absolute atomic E-state index is 14.5. The Labute approximate surface area is 420 Å². The number of alkyl halides is 12. The number of halogens is 14. The molecule has 0 aromatic heterocycles. The van der Waals surface area contributed by atoms with Gasteiger partial charge >= 0.3 is 423 Å². The third kappa shape index (κ3) is 8.99. The van der Waals surface area contributed by atoms with Gasteiger partial charge in [-0.15, -0.1) is 0 Å². The summed E-state index contributed by atoms with van der Waals surface area (Å²) >= 11 is -6.58. The van der Waals surface area contributed by atoms with E-state index >= 15 is 0 Å². The summed E-state index contributed by atoms with van der Waals surface area (Å²) in [6.45, 7) is 11.1. The molecule has 2 unspecified atom stereocenters. The Morgan fingerprint density at radius 1 is 0.500 bits per heavy atom. The number of fused-ring (bicyclic) bond motifs is 5. The predicted octanol–water partition coefficient (Wildman–Crippen LogP) is 16.8. The molecule has 16 heteroatoms. The van der Waals surface area contributed by atoms with Crippen LogP contribution in [-0.2, 0) is 41.1 Å². The molecule has 9 rings (SSSR count). The van der Waals surface area contributed by atoms with Crippen LogP contribution in [0.25, 0.3) is 45.5 Å². The Hall–Kier alpha value is -4.36. The van der Waals surface area contributed by atoms with Gasteiger partial charge in [-0.1, -0.05) is 0 Å². The molecule has 0 bridgehead atoms. The average Bonchev–Trinajstić information content (AvgIpc) is 3.96. The van der Waals surface area contributed by atoms with Crippen LogP contribution in [0.1, 0.15) is 103 Å². The van der Waals surface area contributed by atoms with E-state index in [9.17, 15) is 52.7 Å². The zero-order chi connectivity index (χ0) is 52.4. The fraction of sp³-hybridized carbons (Fsp3) is 0.286. The van der Waals surface area contributed by atoms with E-state index in [2.05, 4.69) is 6.07 Å². The molecule has 72 heavy (non-hydrogen) atoms. The van der Waals surface area contributed by atoms with Gasteiger partial charge in [-0.25, -0.2) is 0 Å². The Morgan fingerprint density at radius 3 is 1.28 bits per heavy atom. The van der Waals surface area contributed by atoms with Crippen LogP contribution in [0.15, 0.2) is 114 Å². The molecule has 0 amide bonds. The van der Waals surface area contributed by atoms with Crippen molar-refractivity contribution >= 4 is 52.3 Å². The fourth-order valence-corrected chi connectivity index (χ4v) is 39.7. The Balaban J connectivity index is 1.40. The number of rotatable bonds is 9. The van der Waals surface area contributed by atoms with Gasteiger partial charge in [-0.3, -0.25) is 0 Å². The van der Waals surface area contributed by atoms with E-state index in [0.29, 0.717) is 49.5 Å². The third-order valence-corrected chi connectivity index (χ3v) is 37.3. The van der Waals surface area contributed by atoms with E-state index in [-0.39, 0.29) is 46.2 Å². The zero-order valence-corrected chi connectivity index (χ0v) is 45.1. The standard InChI is InChI=1S/2C22H19F6.C12H9Si.2ClH.Zr/c2*1-12(2)6-14-7-15-5-4-13(3)20(19(15)8-14)16-9-17(21(23,24)25)11-18(10-16)22(26,27)28;1-3-7-11-9(5-1)10-6-2-4-8-12(10)13-11;;;/h2*4-5,7-12H,6H2,1-3H3;1-7H,13H2;2*1H;/q;;;;;+2/p-2. The van der Waals surface area contributed by atoms with Crippen LogP contribution in [0.2, 0.25) is 0 Å². The molecule has 0 fully saturated rings. The second-order valence-corrected chi connectivity index (χ2v) is 42.9. The molecule has 6 aromatic carbocycles. The summed E-state index contributed by atoms with van der Waals surface area (Å²) in [7, 11) is 16.9. The first kappa shape index (κ1) is 52.5. The summed E-state index contributed by atoms with van der Waals surface area (Å²) in [5.74, 6) is -0.148. The normalized spacial score (nSPS) is 17.7. The van der Waals surface area contributed by atoms with E-state index in [1.165, 1.54) is 0 Å². The molecule has 6 aromatic rings. The summed E-state index contributed by atoms with van der Waals surface area (Å²) in [5.41, 5.74) is -0.282. The van der Waals surface area contributed by atoms with Gasteiger partial charge in [0.15, 0.2) is 0 Å².